The van der Waals surface area contributed by atoms with E-state index in [9.17, 15) is 9.18 Å². The van der Waals surface area contributed by atoms with Gasteiger partial charge in [-0.2, -0.15) is 0 Å². The molecule has 0 atom stereocenters. The summed E-state index contributed by atoms with van der Waals surface area (Å²) in [6.45, 7) is 6.32. The highest BCUT2D eigenvalue weighted by Gasteiger charge is 2.31. The minimum Gasteiger partial charge on any atom is -0.357 e. The molecule has 1 aromatic carbocycles. The van der Waals surface area contributed by atoms with Crippen molar-refractivity contribution in [2.75, 3.05) is 18.0 Å². The van der Waals surface area contributed by atoms with Crippen molar-refractivity contribution >= 4 is 23.3 Å². The number of hydrogen-bond donors (Lipinski definition) is 0. The topological polar surface area (TPSA) is 67.2 Å². The number of carbonyl (C=O) groups is 1. The van der Waals surface area contributed by atoms with E-state index in [0.29, 0.717) is 18.1 Å². The summed E-state index contributed by atoms with van der Waals surface area (Å²) in [6.07, 6.45) is 3.02. The Labute approximate surface area is 197 Å². The maximum Gasteiger partial charge on any atom is 0.225 e. The lowest BCUT2D eigenvalue weighted by Crippen LogP contribution is -2.34. The molecule has 1 amide bonds. The molecule has 7 nitrogen and oxygen atoms in total. The van der Waals surface area contributed by atoms with E-state index in [0.717, 1.165) is 54.6 Å². The Kier molecular flexibility index (Phi) is 5.78. The molecule has 0 radical (unpaired) electrons. The van der Waals surface area contributed by atoms with Crippen LogP contribution in [-0.4, -0.2) is 43.6 Å². The molecule has 172 valence electrons. The Morgan fingerprint density at radius 2 is 1.91 bits per heavy atom. The van der Waals surface area contributed by atoms with Gasteiger partial charge in [0.25, 0.3) is 0 Å². The molecule has 4 heterocycles. The number of aromatic nitrogens is 4. The highest BCUT2D eigenvalue weighted by Crippen LogP contribution is 2.34. The molecule has 9 heteroatoms. The Hall–Kier alpha value is -3.00. The average Bonchev–Trinajstić information content (AvgIpc) is 3.15. The quantitative estimate of drug-likeness (QED) is 0.572. The molecule has 0 spiro atoms. The summed E-state index contributed by atoms with van der Waals surface area (Å²) in [4.78, 5) is 21.1. The van der Waals surface area contributed by atoms with Crippen molar-refractivity contribution in [3.63, 3.8) is 0 Å². The van der Waals surface area contributed by atoms with Crippen LogP contribution >= 0.6 is 11.6 Å². The van der Waals surface area contributed by atoms with E-state index in [1.165, 1.54) is 12.3 Å². The number of rotatable bonds is 3. The Morgan fingerprint density at radius 1 is 1.12 bits per heavy atom. The van der Waals surface area contributed by atoms with E-state index in [-0.39, 0.29) is 23.6 Å². The smallest absolute Gasteiger partial charge is 0.225 e. The van der Waals surface area contributed by atoms with E-state index >= 15 is 0 Å². The zero-order valence-electron chi connectivity index (χ0n) is 18.7. The van der Waals surface area contributed by atoms with E-state index in [4.69, 9.17) is 11.6 Å². The maximum absolute atomic E-state index is 13.2. The van der Waals surface area contributed by atoms with Crippen LogP contribution in [0.5, 0.6) is 0 Å². The Bertz CT molecular complexity index is 1170. The molecule has 33 heavy (non-hydrogen) atoms. The van der Waals surface area contributed by atoms with Gasteiger partial charge in [0, 0.05) is 36.5 Å². The van der Waals surface area contributed by atoms with Gasteiger partial charge in [-0.1, -0.05) is 25.4 Å². The number of pyridine rings is 1. The number of carbonyl (C=O) groups excluding carboxylic acids is 1. The first-order chi connectivity index (χ1) is 15.9. The fourth-order valence-corrected chi connectivity index (χ4v) is 4.93. The van der Waals surface area contributed by atoms with Crippen LogP contribution in [0.25, 0.3) is 5.69 Å². The second kappa shape index (κ2) is 8.74. The molecule has 0 unspecified atom stereocenters. The molecule has 5 rings (SSSR count). The first-order valence-electron chi connectivity index (χ1n) is 11.3. The van der Waals surface area contributed by atoms with Gasteiger partial charge in [0.1, 0.15) is 17.5 Å². The number of halogens is 2. The second-order valence-electron chi connectivity index (χ2n) is 9.03. The van der Waals surface area contributed by atoms with E-state index in [2.05, 4.69) is 24.6 Å². The summed E-state index contributed by atoms with van der Waals surface area (Å²) in [5, 5.41) is 9.74. The van der Waals surface area contributed by atoms with Crippen molar-refractivity contribution in [3.05, 3.63) is 64.6 Å². The van der Waals surface area contributed by atoms with Crippen LogP contribution in [0.2, 0.25) is 5.02 Å². The van der Waals surface area contributed by atoms with Crippen molar-refractivity contribution in [2.24, 2.45) is 5.92 Å². The summed E-state index contributed by atoms with van der Waals surface area (Å²) in [5.74, 6) is 2.34. The molecular weight excluding hydrogens is 443 g/mol. The number of nitrogens with zero attached hydrogens (tertiary/aromatic N) is 6. The van der Waals surface area contributed by atoms with Crippen LogP contribution in [0.4, 0.5) is 10.2 Å². The third-order valence-corrected chi connectivity index (χ3v) is 6.67. The first-order valence-corrected chi connectivity index (χ1v) is 11.7. The van der Waals surface area contributed by atoms with Gasteiger partial charge in [0.15, 0.2) is 5.82 Å². The second-order valence-corrected chi connectivity index (χ2v) is 9.46. The van der Waals surface area contributed by atoms with Gasteiger partial charge in [-0.25, -0.2) is 9.37 Å². The number of fused-ring (bicyclic) bond motifs is 3. The van der Waals surface area contributed by atoms with Crippen molar-refractivity contribution in [1.29, 1.82) is 0 Å². The Balaban J connectivity index is 1.45. The highest BCUT2D eigenvalue weighted by molar-refractivity contribution is 6.30. The molecular formula is C24H26ClFN6O. The fourth-order valence-electron chi connectivity index (χ4n) is 4.73. The van der Waals surface area contributed by atoms with Crippen LogP contribution < -0.4 is 4.90 Å². The Morgan fingerprint density at radius 3 is 2.61 bits per heavy atom. The summed E-state index contributed by atoms with van der Waals surface area (Å²) >= 11 is 6.31. The molecule has 2 aliphatic rings. The summed E-state index contributed by atoms with van der Waals surface area (Å²) < 4.78 is 15.4. The minimum atomic E-state index is -0.330. The van der Waals surface area contributed by atoms with Crippen LogP contribution in [0.3, 0.4) is 0 Å². The lowest BCUT2D eigenvalue weighted by molar-refractivity contribution is -0.135. The van der Waals surface area contributed by atoms with Gasteiger partial charge in [-0.15, -0.1) is 10.2 Å². The van der Waals surface area contributed by atoms with Crippen molar-refractivity contribution in [2.45, 2.75) is 45.7 Å². The predicted molar refractivity (Wildman–Crippen MR) is 124 cm³/mol. The molecule has 3 aromatic rings. The van der Waals surface area contributed by atoms with Crippen LogP contribution in [0.15, 0.2) is 36.5 Å². The van der Waals surface area contributed by atoms with Crippen molar-refractivity contribution in [3.8, 4) is 5.69 Å². The number of anilines is 1. The molecule has 0 bridgehead atoms. The third-order valence-electron chi connectivity index (χ3n) is 6.43. The fraction of sp³-hybridized carbons (Fsp3) is 0.417. The normalized spacial score (nSPS) is 16.5. The monoisotopic (exact) mass is 468 g/mol. The number of amides is 1. The zero-order valence-corrected chi connectivity index (χ0v) is 19.5. The first kappa shape index (κ1) is 21.8. The van der Waals surface area contributed by atoms with Crippen molar-refractivity contribution in [1.82, 2.24) is 24.6 Å². The lowest BCUT2D eigenvalue weighted by atomic mass is 9.95. The highest BCUT2D eigenvalue weighted by atomic mass is 35.5. The number of benzene rings is 1. The predicted octanol–water partition coefficient (Wildman–Crippen LogP) is 4.34. The van der Waals surface area contributed by atoms with Crippen molar-refractivity contribution < 1.29 is 9.18 Å². The summed E-state index contributed by atoms with van der Waals surface area (Å²) in [7, 11) is 0. The standard InChI is InChI=1S/C24H26ClFN6O/c1-15(2)24(33)31-13-17-11-18(25)3-5-20(17)32-22(14-31)28-29-23(32)16-7-9-30(10-8-16)21-6-4-19(26)12-27-21/h3-6,11-12,15-16H,7-10,13-14H2,1-2H3. The summed E-state index contributed by atoms with van der Waals surface area (Å²) in [6, 6.07) is 8.96. The van der Waals surface area contributed by atoms with E-state index < -0.39 is 0 Å². The van der Waals surface area contributed by atoms with Gasteiger partial charge in [0.2, 0.25) is 5.91 Å². The maximum atomic E-state index is 13.2. The SMILES string of the molecule is CC(C)C(=O)N1Cc2cc(Cl)ccc2-n2c(nnc2C2CCN(c3ccc(F)cn3)CC2)C1. The minimum absolute atomic E-state index is 0.0824. The van der Waals surface area contributed by atoms with Crippen LogP contribution in [0, 0.1) is 11.7 Å². The molecule has 0 N–H and O–H groups in total. The lowest BCUT2D eigenvalue weighted by Gasteiger charge is -2.32. The van der Waals surface area contributed by atoms with Gasteiger partial charge < -0.3 is 9.80 Å². The average molecular weight is 469 g/mol. The van der Waals surface area contributed by atoms with E-state index in [1.807, 2.05) is 36.9 Å². The summed E-state index contributed by atoms with van der Waals surface area (Å²) in [5.41, 5.74) is 1.97. The van der Waals surface area contributed by atoms with Gasteiger partial charge in [-0.3, -0.25) is 9.36 Å². The molecule has 2 aromatic heterocycles. The van der Waals surface area contributed by atoms with Gasteiger partial charge in [0.05, 0.1) is 18.4 Å². The third kappa shape index (κ3) is 4.19. The number of hydrogen-bond acceptors (Lipinski definition) is 5. The van der Waals surface area contributed by atoms with Gasteiger partial charge >= 0.3 is 0 Å². The molecule has 1 fully saturated rings. The van der Waals surface area contributed by atoms with Crippen LogP contribution in [-0.2, 0) is 17.9 Å². The van der Waals surface area contributed by atoms with Crippen LogP contribution in [0.1, 0.15) is 49.8 Å². The molecule has 0 saturated carbocycles. The van der Waals surface area contributed by atoms with Gasteiger partial charge in [-0.05, 0) is 48.7 Å². The van der Waals surface area contributed by atoms with E-state index in [1.54, 1.807) is 6.07 Å². The largest absolute Gasteiger partial charge is 0.357 e. The molecule has 0 aliphatic carbocycles. The number of piperidine rings is 1. The zero-order chi connectivity index (χ0) is 23.1. The molecule has 2 aliphatic heterocycles. The molecule has 1 saturated heterocycles.